The van der Waals surface area contributed by atoms with Gasteiger partial charge in [0, 0.05) is 50.6 Å². The molecule has 0 bridgehead atoms. The van der Waals surface area contributed by atoms with Crippen molar-refractivity contribution >= 4 is 45.8 Å². The number of hydrogen-bond acceptors (Lipinski definition) is 10. The fraction of sp³-hybridized carbons (Fsp3) is 0.522. The van der Waals surface area contributed by atoms with E-state index in [1.54, 1.807) is 18.0 Å². The second-order valence-corrected chi connectivity index (χ2v) is 10.1. The highest BCUT2D eigenvalue weighted by Crippen LogP contribution is 2.32. The van der Waals surface area contributed by atoms with Crippen molar-refractivity contribution in [2.45, 2.75) is 37.1 Å². The van der Waals surface area contributed by atoms with Crippen molar-refractivity contribution < 1.29 is 4.79 Å². The Bertz CT molecular complexity index is 1000. The second kappa shape index (κ2) is 12.7. The minimum atomic E-state index is -0.00608. The highest BCUT2D eigenvalue weighted by molar-refractivity contribution is 7.99. The molecule has 2 aromatic heterocycles. The van der Waals surface area contributed by atoms with Gasteiger partial charge in [0.25, 0.3) is 0 Å². The van der Waals surface area contributed by atoms with Crippen LogP contribution < -0.4 is 10.2 Å². The van der Waals surface area contributed by atoms with Crippen molar-refractivity contribution in [3.63, 3.8) is 0 Å². The van der Waals surface area contributed by atoms with Crippen LogP contribution in [0.15, 0.2) is 30.1 Å². The summed E-state index contributed by atoms with van der Waals surface area (Å²) in [5.41, 5.74) is 0. The van der Waals surface area contributed by atoms with E-state index in [-0.39, 0.29) is 5.91 Å². The lowest BCUT2D eigenvalue weighted by Gasteiger charge is -2.33. The van der Waals surface area contributed by atoms with Crippen LogP contribution >= 0.6 is 23.1 Å². The molecule has 0 radical (unpaired) electrons. The molecule has 0 spiro atoms. The zero-order chi connectivity index (χ0) is 24.5. The Morgan fingerprint density at radius 3 is 2.56 bits per heavy atom. The third kappa shape index (κ3) is 6.91. The zero-order valence-corrected chi connectivity index (χ0v) is 21.7. The zero-order valence-electron chi connectivity index (χ0n) is 20.0. The number of carbonyl (C=O) groups is 1. The van der Waals surface area contributed by atoms with Crippen LogP contribution in [-0.4, -0.2) is 82.2 Å². The Hall–Kier alpha value is -2.68. The Labute approximate surface area is 209 Å². The van der Waals surface area contributed by atoms with Gasteiger partial charge in [-0.15, -0.1) is 0 Å². The van der Waals surface area contributed by atoms with Gasteiger partial charge >= 0.3 is 0 Å². The van der Waals surface area contributed by atoms with E-state index < -0.39 is 0 Å². The topological polar surface area (TPSA) is 101 Å². The van der Waals surface area contributed by atoms with Gasteiger partial charge in [-0.25, -0.2) is 15.0 Å². The predicted molar refractivity (Wildman–Crippen MR) is 139 cm³/mol. The number of nitrogens with zero attached hydrogens (tertiary/aromatic N) is 7. The Balaban J connectivity index is 0.00000158. The average molecular weight is 501 g/mol. The molecule has 0 aromatic carbocycles. The minimum absolute atomic E-state index is 0.00608. The summed E-state index contributed by atoms with van der Waals surface area (Å²) in [5, 5.41) is 14.0. The summed E-state index contributed by atoms with van der Waals surface area (Å²) in [6.45, 7) is 12.8. The quantitative estimate of drug-likeness (QED) is 0.471. The summed E-state index contributed by atoms with van der Waals surface area (Å²) in [7, 11) is 2.13. The van der Waals surface area contributed by atoms with Gasteiger partial charge in [-0.3, -0.25) is 4.79 Å². The minimum Gasteiger partial charge on any atom is -0.354 e. The fourth-order valence-electron chi connectivity index (χ4n) is 3.69. The molecule has 0 saturated carbocycles. The van der Waals surface area contributed by atoms with Gasteiger partial charge in [-0.05, 0) is 26.0 Å². The first kappa shape index (κ1) is 25.9. The van der Waals surface area contributed by atoms with Gasteiger partial charge in [-0.1, -0.05) is 43.5 Å². The van der Waals surface area contributed by atoms with Crippen molar-refractivity contribution in [3.05, 3.63) is 29.8 Å². The molecule has 2 aliphatic rings. The number of likely N-dealkylation sites (tertiary alicyclic amines) is 1. The number of aromatic nitrogens is 3. The highest BCUT2D eigenvalue weighted by atomic mass is 32.2. The van der Waals surface area contributed by atoms with E-state index in [0.717, 1.165) is 63.1 Å². The number of anilines is 3. The average Bonchev–Trinajstić information content (AvgIpc) is 3.33. The molecule has 0 atom stereocenters. The fourth-order valence-corrected chi connectivity index (χ4v) is 5.35. The van der Waals surface area contributed by atoms with Gasteiger partial charge < -0.3 is 20.0 Å². The standard InChI is InChI=1S/C21H26N8OS2.C2H6/c1-3-19(30)29-6-4-15(5-7-29)31-21-25-17(24-20-23-14-16(13-22)32-20)12-18(26-21)28-10-8-27(2)9-11-28;1-2/h3,12,14-15H,1,4-11H2,2H3,(H,23,24,25,26);1-2H3. The van der Waals surface area contributed by atoms with Crippen LogP contribution in [0.4, 0.5) is 16.8 Å². The van der Waals surface area contributed by atoms with Gasteiger partial charge in [-0.2, -0.15) is 5.26 Å². The molecule has 182 valence electrons. The van der Waals surface area contributed by atoms with Crippen LogP contribution in [0.5, 0.6) is 0 Å². The maximum Gasteiger partial charge on any atom is 0.245 e. The number of piperazine rings is 1. The third-order valence-electron chi connectivity index (χ3n) is 5.57. The maximum absolute atomic E-state index is 11.9. The first-order valence-corrected chi connectivity index (χ1v) is 13.3. The molecular formula is C23H32N8OS2. The third-order valence-corrected chi connectivity index (χ3v) is 7.59. The first-order valence-electron chi connectivity index (χ1n) is 11.6. The van der Waals surface area contributed by atoms with Crippen molar-refractivity contribution in [1.82, 2.24) is 24.8 Å². The summed E-state index contributed by atoms with van der Waals surface area (Å²) in [6, 6.07) is 4.07. The lowest BCUT2D eigenvalue weighted by atomic mass is 10.1. The molecule has 2 aromatic rings. The molecule has 2 aliphatic heterocycles. The van der Waals surface area contributed by atoms with E-state index >= 15 is 0 Å². The van der Waals surface area contributed by atoms with E-state index in [2.05, 4.69) is 39.8 Å². The number of piperidine rings is 1. The molecule has 2 saturated heterocycles. The van der Waals surface area contributed by atoms with Crippen LogP contribution in [0.1, 0.15) is 31.6 Å². The number of nitrogens with one attached hydrogen (secondary N) is 1. The van der Waals surface area contributed by atoms with Gasteiger partial charge in [0.15, 0.2) is 10.3 Å². The Morgan fingerprint density at radius 2 is 1.94 bits per heavy atom. The normalized spacial score (nSPS) is 16.9. The molecular weight excluding hydrogens is 468 g/mol. The number of nitriles is 1. The number of likely N-dealkylation sites (N-methyl/N-ethyl adjacent to an activating group) is 1. The molecule has 1 amide bonds. The van der Waals surface area contributed by atoms with E-state index in [1.165, 1.54) is 17.4 Å². The maximum atomic E-state index is 11.9. The molecule has 0 aliphatic carbocycles. The Morgan fingerprint density at radius 1 is 1.24 bits per heavy atom. The monoisotopic (exact) mass is 500 g/mol. The van der Waals surface area contributed by atoms with Crippen molar-refractivity contribution in [2.75, 3.05) is 56.5 Å². The van der Waals surface area contributed by atoms with Crippen molar-refractivity contribution in [3.8, 4) is 6.07 Å². The molecule has 4 rings (SSSR count). The molecule has 9 nitrogen and oxygen atoms in total. The van der Waals surface area contributed by atoms with Gasteiger partial charge in [0.1, 0.15) is 22.6 Å². The predicted octanol–water partition coefficient (Wildman–Crippen LogP) is 3.60. The highest BCUT2D eigenvalue weighted by Gasteiger charge is 2.24. The molecule has 0 unspecified atom stereocenters. The largest absolute Gasteiger partial charge is 0.354 e. The summed E-state index contributed by atoms with van der Waals surface area (Å²) in [4.78, 5) is 32.7. The van der Waals surface area contributed by atoms with E-state index in [9.17, 15) is 4.79 Å². The van der Waals surface area contributed by atoms with Crippen molar-refractivity contribution in [1.29, 1.82) is 5.26 Å². The van der Waals surface area contributed by atoms with Gasteiger partial charge in [0.05, 0.1) is 6.20 Å². The SMILES string of the molecule is C=CC(=O)N1CCC(Sc2nc(Nc3ncc(C#N)s3)cc(N3CCN(C)CC3)n2)CC1.CC. The summed E-state index contributed by atoms with van der Waals surface area (Å²) >= 11 is 2.97. The molecule has 1 N–H and O–H groups in total. The number of amides is 1. The smallest absolute Gasteiger partial charge is 0.245 e. The van der Waals surface area contributed by atoms with Gasteiger partial charge in [0.2, 0.25) is 5.91 Å². The molecule has 4 heterocycles. The molecule has 2 fully saturated rings. The molecule has 11 heteroatoms. The number of thioether (sulfide) groups is 1. The summed E-state index contributed by atoms with van der Waals surface area (Å²) in [5.74, 6) is 1.57. The van der Waals surface area contributed by atoms with E-state index in [1.807, 2.05) is 24.8 Å². The van der Waals surface area contributed by atoms with E-state index in [4.69, 9.17) is 15.2 Å². The van der Waals surface area contributed by atoms with Crippen LogP contribution in [0.2, 0.25) is 0 Å². The van der Waals surface area contributed by atoms with E-state index in [0.29, 0.717) is 21.1 Å². The summed E-state index contributed by atoms with van der Waals surface area (Å²) < 4.78 is 0. The van der Waals surface area contributed by atoms with Crippen LogP contribution in [0.3, 0.4) is 0 Å². The number of carbonyl (C=O) groups excluding carboxylic acids is 1. The lowest BCUT2D eigenvalue weighted by Crippen LogP contribution is -2.44. The number of rotatable bonds is 6. The summed E-state index contributed by atoms with van der Waals surface area (Å²) in [6.07, 6.45) is 4.73. The number of thiazole rings is 1. The van der Waals surface area contributed by atoms with Crippen LogP contribution in [0.25, 0.3) is 0 Å². The first-order chi connectivity index (χ1) is 16.5. The Kier molecular flexibility index (Phi) is 9.68. The number of hydrogen-bond donors (Lipinski definition) is 1. The lowest BCUT2D eigenvalue weighted by molar-refractivity contribution is -0.126. The van der Waals surface area contributed by atoms with Crippen molar-refractivity contribution in [2.24, 2.45) is 0 Å². The van der Waals surface area contributed by atoms with Crippen LogP contribution in [0, 0.1) is 11.3 Å². The second-order valence-electron chi connectivity index (χ2n) is 7.80. The van der Waals surface area contributed by atoms with Crippen LogP contribution in [-0.2, 0) is 4.79 Å². The molecule has 34 heavy (non-hydrogen) atoms.